The Morgan fingerprint density at radius 2 is 1.92 bits per heavy atom. The minimum atomic E-state index is -0.0744. The molecule has 3 aromatic rings. The largest absolute Gasteiger partial charge is 0.348 e. The zero-order chi connectivity index (χ0) is 17.1. The number of rotatable bonds is 5. The first-order valence-corrected chi connectivity index (χ1v) is 8.45. The minimum absolute atomic E-state index is 0.0321. The van der Waals surface area contributed by atoms with E-state index in [1.807, 2.05) is 66.9 Å². The van der Waals surface area contributed by atoms with Gasteiger partial charge in [0.15, 0.2) is 0 Å². The highest BCUT2D eigenvalue weighted by Crippen LogP contribution is 2.18. The molecule has 0 spiro atoms. The molecule has 0 aliphatic carbocycles. The molecule has 0 radical (unpaired) electrons. The summed E-state index contributed by atoms with van der Waals surface area (Å²) in [5.41, 5.74) is 2.94. The molecule has 2 aromatic carbocycles. The number of para-hydroxylation sites is 2. The maximum atomic E-state index is 12.5. The van der Waals surface area contributed by atoms with Crippen LogP contribution in [0.25, 0.3) is 11.0 Å². The second-order valence-electron chi connectivity index (χ2n) is 5.80. The van der Waals surface area contributed by atoms with Crippen molar-refractivity contribution in [2.45, 2.75) is 32.9 Å². The van der Waals surface area contributed by atoms with Gasteiger partial charge in [-0.2, -0.15) is 0 Å². The number of hydrogen-bond acceptors (Lipinski definition) is 2. The predicted molar refractivity (Wildman–Crippen MR) is 97.1 cm³/mol. The molecule has 0 bridgehead atoms. The van der Waals surface area contributed by atoms with Crippen LogP contribution in [0.15, 0.2) is 48.5 Å². The van der Waals surface area contributed by atoms with Crippen LogP contribution >= 0.6 is 11.6 Å². The average Bonchev–Trinajstić information content (AvgIpc) is 2.93. The maximum absolute atomic E-state index is 12.5. The third-order valence-electron chi connectivity index (χ3n) is 4.10. The van der Waals surface area contributed by atoms with E-state index in [1.165, 1.54) is 0 Å². The smallest absolute Gasteiger partial charge is 0.240 e. The molecule has 0 aliphatic rings. The van der Waals surface area contributed by atoms with Crippen molar-refractivity contribution in [3.8, 4) is 0 Å². The molecular weight excluding hydrogens is 322 g/mol. The predicted octanol–water partition coefficient (Wildman–Crippen LogP) is 4.13. The molecule has 3 rings (SSSR count). The Kier molecular flexibility index (Phi) is 4.86. The molecule has 0 saturated carbocycles. The quantitative estimate of drug-likeness (QED) is 0.758. The molecule has 24 heavy (non-hydrogen) atoms. The number of nitrogens with zero attached hydrogens (tertiary/aromatic N) is 2. The summed E-state index contributed by atoms with van der Waals surface area (Å²) >= 11 is 5.91. The van der Waals surface area contributed by atoms with E-state index >= 15 is 0 Å². The zero-order valence-electron chi connectivity index (χ0n) is 13.8. The number of amides is 1. The molecule has 1 amide bonds. The molecular formula is C19H20ClN3O. The van der Waals surface area contributed by atoms with Crippen molar-refractivity contribution in [3.63, 3.8) is 0 Å². The van der Waals surface area contributed by atoms with Crippen LogP contribution in [0.2, 0.25) is 5.02 Å². The summed E-state index contributed by atoms with van der Waals surface area (Å²) in [6, 6.07) is 15.3. The van der Waals surface area contributed by atoms with Gasteiger partial charge in [-0.1, -0.05) is 42.8 Å². The fraction of sp³-hybridized carbons (Fsp3) is 0.263. The van der Waals surface area contributed by atoms with Gasteiger partial charge in [-0.15, -0.1) is 0 Å². The van der Waals surface area contributed by atoms with Gasteiger partial charge in [0, 0.05) is 11.4 Å². The average molecular weight is 342 g/mol. The topological polar surface area (TPSA) is 46.9 Å². The van der Waals surface area contributed by atoms with E-state index in [-0.39, 0.29) is 18.5 Å². The fourth-order valence-corrected chi connectivity index (χ4v) is 2.96. The Labute approximate surface area is 146 Å². The van der Waals surface area contributed by atoms with Gasteiger partial charge in [-0.25, -0.2) is 4.98 Å². The molecule has 1 heterocycles. The highest BCUT2D eigenvalue weighted by Gasteiger charge is 2.14. The van der Waals surface area contributed by atoms with E-state index < -0.39 is 0 Å². The van der Waals surface area contributed by atoms with Crippen LogP contribution in [0, 0.1) is 0 Å². The standard InChI is InChI=1S/C19H20ClN3O/c1-3-18-22-16-6-4-5-7-17(16)23(18)12-19(24)21-13(2)14-8-10-15(20)11-9-14/h4-11,13H,3,12H2,1-2H3,(H,21,24). The number of nitrogens with one attached hydrogen (secondary N) is 1. The SMILES string of the molecule is CCc1nc2ccccc2n1CC(=O)NC(C)c1ccc(Cl)cc1. The van der Waals surface area contributed by atoms with Crippen LogP contribution in [0.5, 0.6) is 0 Å². The zero-order valence-corrected chi connectivity index (χ0v) is 14.5. The first-order chi connectivity index (χ1) is 11.6. The monoisotopic (exact) mass is 341 g/mol. The normalized spacial score (nSPS) is 12.3. The Balaban J connectivity index is 1.76. The van der Waals surface area contributed by atoms with Crippen molar-refractivity contribution in [2.75, 3.05) is 0 Å². The first-order valence-electron chi connectivity index (χ1n) is 8.07. The van der Waals surface area contributed by atoms with Gasteiger partial charge in [0.25, 0.3) is 0 Å². The van der Waals surface area contributed by atoms with Gasteiger partial charge >= 0.3 is 0 Å². The molecule has 124 valence electrons. The van der Waals surface area contributed by atoms with Crippen LogP contribution < -0.4 is 5.32 Å². The molecule has 0 saturated heterocycles. The van der Waals surface area contributed by atoms with Gasteiger partial charge in [-0.3, -0.25) is 4.79 Å². The highest BCUT2D eigenvalue weighted by molar-refractivity contribution is 6.30. The molecule has 5 heteroatoms. The van der Waals surface area contributed by atoms with Crippen LogP contribution in [-0.2, 0) is 17.8 Å². The number of aryl methyl sites for hydroxylation is 1. The lowest BCUT2D eigenvalue weighted by Crippen LogP contribution is -2.30. The molecule has 1 atom stereocenters. The summed E-state index contributed by atoms with van der Waals surface area (Å²) in [5.74, 6) is 0.890. The van der Waals surface area contributed by atoms with Gasteiger partial charge in [0.1, 0.15) is 12.4 Å². The number of halogens is 1. The number of imidazole rings is 1. The Morgan fingerprint density at radius 3 is 2.62 bits per heavy atom. The van der Waals surface area contributed by atoms with Crippen molar-refractivity contribution in [1.29, 1.82) is 0 Å². The van der Waals surface area contributed by atoms with E-state index in [4.69, 9.17) is 11.6 Å². The summed E-state index contributed by atoms with van der Waals surface area (Å²) in [6.07, 6.45) is 0.786. The van der Waals surface area contributed by atoms with E-state index in [1.54, 1.807) is 0 Å². The number of benzene rings is 2. The van der Waals surface area contributed by atoms with E-state index in [9.17, 15) is 4.79 Å². The Morgan fingerprint density at radius 1 is 1.21 bits per heavy atom. The van der Waals surface area contributed by atoms with E-state index in [0.717, 1.165) is 28.8 Å². The molecule has 1 N–H and O–H groups in total. The maximum Gasteiger partial charge on any atom is 0.240 e. The van der Waals surface area contributed by atoms with Crippen LogP contribution in [0.3, 0.4) is 0 Å². The molecule has 1 unspecified atom stereocenters. The lowest BCUT2D eigenvalue weighted by atomic mass is 10.1. The number of aromatic nitrogens is 2. The second kappa shape index (κ2) is 7.05. The van der Waals surface area contributed by atoms with Crippen molar-refractivity contribution in [3.05, 3.63) is 64.9 Å². The van der Waals surface area contributed by atoms with Crippen molar-refractivity contribution < 1.29 is 4.79 Å². The van der Waals surface area contributed by atoms with Gasteiger partial charge in [0.2, 0.25) is 5.91 Å². The molecule has 1 aromatic heterocycles. The summed E-state index contributed by atoms with van der Waals surface area (Å²) in [7, 11) is 0. The summed E-state index contributed by atoms with van der Waals surface area (Å²) in [6.45, 7) is 4.28. The summed E-state index contributed by atoms with van der Waals surface area (Å²) in [5, 5.41) is 3.73. The highest BCUT2D eigenvalue weighted by atomic mass is 35.5. The fourth-order valence-electron chi connectivity index (χ4n) is 2.84. The van der Waals surface area contributed by atoms with Crippen molar-refractivity contribution in [2.24, 2.45) is 0 Å². The number of carbonyl (C=O) groups is 1. The second-order valence-corrected chi connectivity index (χ2v) is 6.23. The lowest BCUT2D eigenvalue weighted by molar-refractivity contribution is -0.122. The van der Waals surface area contributed by atoms with Crippen LogP contribution in [-0.4, -0.2) is 15.5 Å². The lowest BCUT2D eigenvalue weighted by Gasteiger charge is -2.15. The molecule has 0 aliphatic heterocycles. The molecule has 0 fully saturated rings. The van der Waals surface area contributed by atoms with E-state index in [0.29, 0.717) is 5.02 Å². The number of hydrogen-bond donors (Lipinski definition) is 1. The number of fused-ring (bicyclic) bond motifs is 1. The minimum Gasteiger partial charge on any atom is -0.348 e. The third-order valence-corrected chi connectivity index (χ3v) is 4.35. The Hall–Kier alpha value is -2.33. The first kappa shape index (κ1) is 16.5. The van der Waals surface area contributed by atoms with E-state index in [2.05, 4.69) is 10.3 Å². The van der Waals surface area contributed by atoms with Gasteiger partial charge in [-0.05, 0) is 36.8 Å². The van der Waals surface area contributed by atoms with Crippen LogP contribution in [0.4, 0.5) is 0 Å². The van der Waals surface area contributed by atoms with Gasteiger partial charge < -0.3 is 9.88 Å². The van der Waals surface area contributed by atoms with Gasteiger partial charge in [0.05, 0.1) is 17.1 Å². The molecule has 4 nitrogen and oxygen atoms in total. The third kappa shape index (κ3) is 3.44. The van der Waals surface area contributed by atoms with Crippen LogP contribution in [0.1, 0.15) is 31.3 Å². The number of carbonyl (C=O) groups excluding carboxylic acids is 1. The Bertz CT molecular complexity index is 855. The van der Waals surface area contributed by atoms with Crippen molar-refractivity contribution >= 4 is 28.5 Å². The summed E-state index contributed by atoms with van der Waals surface area (Å²) < 4.78 is 1.99. The van der Waals surface area contributed by atoms with Crippen molar-refractivity contribution in [1.82, 2.24) is 14.9 Å². The summed E-state index contributed by atoms with van der Waals surface area (Å²) in [4.78, 5) is 17.1.